The number of likely N-dealkylation sites (N-methyl/N-ethyl adjacent to an activating group) is 1. The molecule has 0 atom stereocenters. The van der Waals surface area contributed by atoms with Gasteiger partial charge in [0.05, 0.1) is 18.8 Å². The van der Waals surface area contributed by atoms with Gasteiger partial charge in [-0.15, -0.1) is 0 Å². The number of nitrogens with zero attached hydrogens (tertiary/aromatic N) is 2. The van der Waals surface area contributed by atoms with Crippen LogP contribution in [0.15, 0.2) is 42.5 Å². The van der Waals surface area contributed by atoms with Crippen molar-refractivity contribution >= 4 is 22.9 Å². The summed E-state index contributed by atoms with van der Waals surface area (Å²) in [5.74, 6) is 0.602. The van der Waals surface area contributed by atoms with E-state index in [1.165, 1.54) is 5.56 Å². The predicted molar refractivity (Wildman–Crippen MR) is 117 cm³/mol. The molecule has 6 nitrogen and oxygen atoms in total. The molecule has 0 aromatic heterocycles. The first kappa shape index (κ1) is 19.3. The highest BCUT2D eigenvalue weighted by atomic mass is 16.5. The molecule has 0 radical (unpaired) electrons. The van der Waals surface area contributed by atoms with Crippen molar-refractivity contribution in [2.45, 2.75) is 13.2 Å². The van der Waals surface area contributed by atoms with Crippen LogP contribution in [0.2, 0.25) is 0 Å². The minimum Gasteiger partial charge on any atom is -0.487 e. The number of rotatable bonds is 5. The molecule has 0 spiro atoms. The molecule has 1 fully saturated rings. The van der Waals surface area contributed by atoms with E-state index in [0.29, 0.717) is 17.9 Å². The molecular weight excluding hydrogens is 378 g/mol. The average molecular weight is 405 g/mol. The van der Waals surface area contributed by atoms with Crippen LogP contribution in [0.4, 0.5) is 5.69 Å². The Morgan fingerprint density at radius 1 is 1.10 bits per heavy atom. The fraction of sp³-hybridized carbons (Fsp3) is 0.375. The topological polar surface area (TPSA) is 54.0 Å². The molecule has 5 rings (SSSR count). The van der Waals surface area contributed by atoms with Crippen molar-refractivity contribution < 1.29 is 14.3 Å². The molecule has 3 aliphatic heterocycles. The number of ether oxygens (including phenoxy) is 2. The molecule has 0 unspecified atom stereocenters. The quantitative estimate of drug-likeness (QED) is 0.776. The van der Waals surface area contributed by atoms with Gasteiger partial charge < -0.3 is 19.7 Å². The van der Waals surface area contributed by atoms with Gasteiger partial charge in [-0.1, -0.05) is 36.4 Å². The molecule has 30 heavy (non-hydrogen) atoms. The first-order valence-corrected chi connectivity index (χ1v) is 10.6. The van der Waals surface area contributed by atoms with Crippen LogP contribution in [-0.4, -0.2) is 62.1 Å². The Morgan fingerprint density at radius 3 is 2.80 bits per heavy atom. The zero-order chi connectivity index (χ0) is 20.5. The number of morpholine rings is 1. The van der Waals surface area contributed by atoms with E-state index in [4.69, 9.17) is 9.47 Å². The van der Waals surface area contributed by atoms with Gasteiger partial charge in [-0.25, -0.2) is 0 Å². The Labute approximate surface area is 177 Å². The Morgan fingerprint density at radius 2 is 1.93 bits per heavy atom. The van der Waals surface area contributed by atoms with Crippen LogP contribution in [0.1, 0.15) is 22.3 Å². The van der Waals surface area contributed by atoms with E-state index in [9.17, 15) is 4.79 Å². The highest BCUT2D eigenvalue weighted by Crippen LogP contribution is 2.41. The maximum Gasteiger partial charge on any atom is 0.260 e. The Balaban J connectivity index is 1.30. The lowest BCUT2D eigenvalue weighted by molar-refractivity contribution is -0.110. The van der Waals surface area contributed by atoms with E-state index < -0.39 is 0 Å². The molecular formula is C24H27N3O3. The van der Waals surface area contributed by atoms with E-state index in [1.54, 1.807) is 0 Å². The van der Waals surface area contributed by atoms with Crippen LogP contribution in [-0.2, 0) is 27.4 Å². The molecule has 0 saturated carbocycles. The number of hydrogen-bond donors (Lipinski definition) is 1. The lowest BCUT2D eigenvalue weighted by Crippen LogP contribution is -2.40. The molecule has 0 bridgehead atoms. The standard InChI is InChI=1S/C24H27N3O3/c1-26(8-9-27-10-12-29-13-11-27)15-17-6-7-19-18(14-17)16-30-23(19)22-20-4-2-3-5-21(20)25-24(22)28/h2-7,14H,8-13,15-16H2,1H3,(H,25,28). The van der Waals surface area contributed by atoms with Crippen molar-refractivity contribution in [2.75, 3.05) is 51.8 Å². The summed E-state index contributed by atoms with van der Waals surface area (Å²) in [6.07, 6.45) is 0. The number of para-hydroxylation sites is 1. The van der Waals surface area contributed by atoms with Crippen LogP contribution >= 0.6 is 0 Å². The lowest BCUT2D eigenvalue weighted by atomic mass is 9.99. The molecule has 1 saturated heterocycles. The number of anilines is 1. The van der Waals surface area contributed by atoms with Gasteiger partial charge in [-0.2, -0.15) is 0 Å². The van der Waals surface area contributed by atoms with E-state index >= 15 is 0 Å². The second-order valence-electron chi connectivity index (χ2n) is 8.18. The smallest absolute Gasteiger partial charge is 0.260 e. The van der Waals surface area contributed by atoms with Crippen molar-refractivity contribution in [1.82, 2.24) is 9.80 Å². The summed E-state index contributed by atoms with van der Waals surface area (Å²) in [4.78, 5) is 17.4. The molecule has 3 heterocycles. The molecule has 3 aliphatic rings. The van der Waals surface area contributed by atoms with Gasteiger partial charge >= 0.3 is 0 Å². The highest BCUT2D eigenvalue weighted by Gasteiger charge is 2.32. The van der Waals surface area contributed by atoms with Crippen molar-refractivity contribution in [3.63, 3.8) is 0 Å². The molecule has 0 aliphatic carbocycles. The number of fused-ring (bicyclic) bond motifs is 2. The van der Waals surface area contributed by atoms with Crippen molar-refractivity contribution in [2.24, 2.45) is 0 Å². The minimum atomic E-state index is -0.0917. The summed E-state index contributed by atoms with van der Waals surface area (Å²) in [5, 5.41) is 2.94. The summed E-state index contributed by atoms with van der Waals surface area (Å²) >= 11 is 0. The fourth-order valence-corrected chi connectivity index (χ4v) is 4.39. The molecule has 2 aromatic rings. The van der Waals surface area contributed by atoms with Gasteiger partial charge in [0.25, 0.3) is 5.91 Å². The van der Waals surface area contributed by atoms with Gasteiger partial charge in [0, 0.05) is 55.1 Å². The summed E-state index contributed by atoms with van der Waals surface area (Å²) in [5.41, 5.74) is 5.84. The van der Waals surface area contributed by atoms with Crippen molar-refractivity contribution in [3.05, 3.63) is 64.7 Å². The van der Waals surface area contributed by atoms with Gasteiger partial charge in [0.15, 0.2) is 0 Å². The molecule has 1 amide bonds. The second-order valence-corrected chi connectivity index (χ2v) is 8.18. The van der Waals surface area contributed by atoms with Crippen molar-refractivity contribution in [3.8, 4) is 0 Å². The second kappa shape index (κ2) is 8.22. The first-order chi connectivity index (χ1) is 14.7. The number of hydrogen-bond acceptors (Lipinski definition) is 5. The van der Waals surface area contributed by atoms with E-state index in [2.05, 4.69) is 40.4 Å². The number of benzene rings is 2. The van der Waals surface area contributed by atoms with Crippen LogP contribution in [0, 0.1) is 0 Å². The normalized spacial score (nSPS) is 20.8. The van der Waals surface area contributed by atoms with Gasteiger partial charge in [0.1, 0.15) is 12.4 Å². The number of nitrogens with one attached hydrogen (secondary N) is 1. The molecule has 156 valence electrons. The Bertz CT molecular complexity index is 995. The number of carbonyl (C=O) groups excluding carboxylic acids is 1. The number of amides is 1. The van der Waals surface area contributed by atoms with Gasteiger partial charge in [-0.05, 0) is 18.7 Å². The van der Waals surface area contributed by atoms with E-state index in [0.717, 1.165) is 68.3 Å². The van der Waals surface area contributed by atoms with Crippen LogP contribution in [0.25, 0.3) is 11.3 Å². The Kier molecular flexibility index (Phi) is 5.29. The van der Waals surface area contributed by atoms with Crippen LogP contribution in [0.5, 0.6) is 0 Å². The highest BCUT2D eigenvalue weighted by molar-refractivity contribution is 6.36. The van der Waals surface area contributed by atoms with Crippen LogP contribution in [0.3, 0.4) is 0 Å². The van der Waals surface area contributed by atoms with E-state index in [-0.39, 0.29) is 5.91 Å². The largest absolute Gasteiger partial charge is 0.487 e. The fourth-order valence-electron chi connectivity index (χ4n) is 4.39. The summed E-state index contributed by atoms with van der Waals surface area (Å²) in [6.45, 7) is 7.24. The SMILES string of the molecule is CN(CCN1CCOCC1)Cc1ccc2c(c1)COC2=C1C(=O)Nc2ccccc21. The monoisotopic (exact) mass is 405 g/mol. The maximum atomic E-state index is 12.6. The van der Waals surface area contributed by atoms with Crippen LogP contribution < -0.4 is 5.32 Å². The zero-order valence-corrected chi connectivity index (χ0v) is 17.3. The lowest BCUT2D eigenvalue weighted by Gasteiger charge is -2.28. The minimum absolute atomic E-state index is 0.0917. The van der Waals surface area contributed by atoms with E-state index in [1.807, 2.05) is 24.3 Å². The molecule has 1 N–H and O–H groups in total. The third kappa shape index (κ3) is 3.74. The third-order valence-corrected chi connectivity index (χ3v) is 6.04. The third-order valence-electron chi connectivity index (χ3n) is 6.04. The first-order valence-electron chi connectivity index (χ1n) is 10.6. The summed E-state index contributed by atoms with van der Waals surface area (Å²) in [7, 11) is 2.16. The molecule has 2 aromatic carbocycles. The molecule has 6 heteroatoms. The summed E-state index contributed by atoms with van der Waals surface area (Å²) < 4.78 is 11.4. The average Bonchev–Trinajstić information content (AvgIpc) is 3.32. The predicted octanol–water partition coefficient (Wildman–Crippen LogP) is 2.80. The maximum absolute atomic E-state index is 12.6. The Hall–Kier alpha value is -2.67. The zero-order valence-electron chi connectivity index (χ0n) is 17.3. The van der Waals surface area contributed by atoms with Gasteiger partial charge in [0.2, 0.25) is 0 Å². The van der Waals surface area contributed by atoms with Gasteiger partial charge in [-0.3, -0.25) is 9.69 Å². The number of carbonyl (C=O) groups is 1. The van der Waals surface area contributed by atoms with Crippen molar-refractivity contribution in [1.29, 1.82) is 0 Å². The summed E-state index contributed by atoms with van der Waals surface area (Å²) in [6, 6.07) is 14.2.